The van der Waals surface area contributed by atoms with Gasteiger partial charge in [0, 0.05) is 30.8 Å². The number of carbonyl (C=O) groups is 1. The quantitative estimate of drug-likeness (QED) is 0.0667. The molecule has 0 aliphatic carbocycles. The molecule has 0 unspecified atom stereocenters. The van der Waals surface area contributed by atoms with E-state index in [0.717, 1.165) is 44.2 Å². The lowest BCUT2D eigenvalue weighted by Crippen LogP contribution is -2.39. The molecule has 5 nitrogen and oxygen atoms in total. The average Bonchev–Trinajstić information content (AvgIpc) is 3.13. The zero-order valence-electron chi connectivity index (χ0n) is 30.6. The third-order valence-electron chi connectivity index (χ3n) is 10.1. The molecular weight excluding hydrogens is 603 g/mol. The minimum atomic E-state index is -0.711. The number of unbranched alkanes of at least 4 members (excludes halogenated alkanes) is 19. The highest BCUT2D eigenvalue weighted by molar-refractivity contribution is 5.77. The van der Waals surface area contributed by atoms with Gasteiger partial charge in [0.1, 0.15) is 0 Å². The van der Waals surface area contributed by atoms with Crippen LogP contribution in [0.2, 0.25) is 0 Å². The number of aryl methyl sites for hydroxylation is 2. The summed E-state index contributed by atoms with van der Waals surface area (Å²) in [5.41, 5.74) is 3.63. The van der Waals surface area contributed by atoms with Gasteiger partial charge in [0.25, 0.3) is 0 Å². The van der Waals surface area contributed by atoms with E-state index < -0.39 is 11.9 Å². The lowest BCUT2D eigenvalue weighted by atomic mass is 9.88. The molecule has 0 saturated heterocycles. The Hall–Kier alpha value is -3.05. The van der Waals surface area contributed by atoms with Crippen LogP contribution < -0.4 is 5.32 Å². The van der Waals surface area contributed by atoms with Crippen molar-refractivity contribution in [3.8, 4) is 0 Å². The summed E-state index contributed by atoms with van der Waals surface area (Å²) in [5.74, 6) is -1.20. The standard InChI is InChI=1S/C44H67N3O2/c48-44(49)43(41-31-21-18-22-32-41)42(33-23-16-12-8-4-3-7-11-15-20-28-40-30-26-35-46-38-40)47-36-24-17-13-9-5-1-2-6-10-14-19-27-39-29-25-34-45-37-39/h18,21-22,25-26,29-32,34-35,37-38,42-43,47H,1-17,19-20,23-24,27-28,33,36H2,(H,48,49)/t42-,43-/m1/s1. The van der Waals surface area contributed by atoms with E-state index in [1.54, 1.807) is 0 Å². The molecule has 2 heterocycles. The molecule has 0 saturated carbocycles. The maximum atomic E-state index is 12.5. The van der Waals surface area contributed by atoms with Crippen LogP contribution in [0.15, 0.2) is 79.4 Å². The van der Waals surface area contributed by atoms with E-state index in [9.17, 15) is 9.90 Å². The fourth-order valence-corrected chi connectivity index (χ4v) is 7.13. The number of aliphatic carboxylic acids is 1. The fraction of sp³-hybridized carbons (Fsp3) is 0.614. The van der Waals surface area contributed by atoms with Gasteiger partial charge in [-0.05, 0) is 73.9 Å². The van der Waals surface area contributed by atoms with E-state index in [2.05, 4.69) is 27.4 Å². The van der Waals surface area contributed by atoms with Crippen molar-refractivity contribution >= 4 is 5.97 Å². The summed E-state index contributed by atoms with van der Waals surface area (Å²) in [4.78, 5) is 20.9. The second-order valence-electron chi connectivity index (χ2n) is 14.2. The van der Waals surface area contributed by atoms with E-state index >= 15 is 0 Å². The molecule has 0 amide bonds. The van der Waals surface area contributed by atoms with E-state index in [4.69, 9.17) is 0 Å². The first kappa shape index (κ1) is 40.4. The Morgan fingerprint density at radius 3 is 1.39 bits per heavy atom. The number of hydrogen-bond acceptors (Lipinski definition) is 4. The summed E-state index contributed by atoms with van der Waals surface area (Å²) in [6.45, 7) is 0.905. The summed E-state index contributed by atoms with van der Waals surface area (Å²) in [6.07, 6.45) is 37.9. The van der Waals surface area contributed by atoms with Crippen molar-refractivity contribution in [2.75, 3.05) is 6.54 Å². The number of pyridine rings is 2. The Kier molecular flexibility index (Phi) is 22.9. The molecule has 0 aliphatic rings. The first-order valence-electron chi connectivity index (χ1n) is 20.0. The van der Waals surface area contributed by atoms with Gasteiger partial charge in [0.05, 0.1) is 5.92 Å². The molecule has 0 radical (unpaired) electrons. The molecule has 270 valence electrons. The van der Waals surface area contributed by atoms with Gasteiger partial charge >= 0.3 is 5.97 Å². The minimum absolute atomic E-state index is 0.0177. The lowest BCUT2D eigenvalue weighted by molar-refractivity contribution is -0.139. The molecule has 2 N–H and O–H groups in total. The van der Waals surface area contributed by atoms with E-state index in [-0.39, 0.29) is 6.04 Å². The predicted octanol–water partition coefficient (Wildman–Crippen LogP) is 11.7. The zero-order chi connectivity index (χ0) is 34.5. The maximum Gasteiger partial charge on any atom is 0.312 e. The number of nitrogens with zero attached hydrogens (tertiary/aromatic N) is 2. The molecule has 49 heavy (non-hydrogen) atoms. The fourth-order valence-electron chi connectivity index (χ4n) is 7.13. The van der Waals surface area contributed by atoms with Crippen molar-refractivity contribution in [2.45, 2.75) is 166 Å². The van der Waals surface area contributed by atoms with Gasteiger partial charge in [-0.25, -0.2) is 0 Å². The molecule has 0 aliphatic heterocycles. The highest BCUT2D eigenvalue weighted by Gasteiger charge is 2.29. The van der Waals surface area contributed by atoms with E-state index in [1.165, 1.54) is 133 Å². The lowest BCUT2D eigenvalue weighted by Gasteiger charge is -2.26. The first-order chi connectivity index (χ1) is 24.2. The average molecular weight is 670 g/mol. The smallest absolute Gasteiger partial charge is 0.312 e. The van der Waals surface area contributed by atoms with Gasteiger partial charge in [-0.1, -0.05) is 158 Å². The third kappa shape index (κ3) is 19.7. The molecule has 0 fully saturated rings. The molecule has 0 spiro atoms. The van der Waals surface area contributed by atoms with Crippen LogP contribution >= 0.6 is 0 Å². The van der Waals surface area contributed by atoms with Crippen LogP contribution in [0.3, 0.4) is 0 Å². The Balaban J connectivity index is 1.20. The molecule has 3 rings (SSSR count). The van der Waals surface area contributed by atoms with Gasteiger partial charge < -0.3 is 10.4 Å². The van der Waals surface area contributed by atoms with E-state index in [0.29, 0.717) is 0 Å². The van der Waals surface area contributed by atoms with Crippen molar-refractivity contribution in [2.24, 2.45) is 0 Å². The van der Waals surface area contributed by atoms with Crippen molar-refractivity contribution < 1.29 is 9.90 Å². The molecule has 5 heteroatoms. The minimum Gasteiger partial charge on any atom is -0.481 e. The monoisotopic (exact) mass is 670 g/mol. The second-order valence-corrected chi connectivity index (χ2v) is 14.2. The highest BCUT2D eigenvalue weighted by atomic mass is 16.4. The van der Waals surface area contributed by atoms with Gasteiger partial charge in [-0.15, -0.1) is 0 Å². The van der Waals surface area contributed by atoms with Crippen LogP contribution in [0.4, 0.5) is 0 Å². The zero-order valence-corrected chi connectivity index (χ0v) is 30.6. The largest absolute Gasteiger partial charge is 0.481 e. The summed E-state index contributed by atoms with van der Waals surface area (Å²) in [7, 11) is 0. The molecule has 2 aromatic heterocycles. The van der Waals surface area contributed by atoms with Gasteiger partial charge in [0.15, 0.2) is 0 Å². The Morgan fingerprint density at radius 1 is 0.531 bits per heavy atom. The summed E-state index contributed by atoms with van der Waals surface area (Å²) in [5, 5.41) is 13.9. The SMILES string of the molecule is O=C(O)[C@H](c1ccccc1)[C@@H](CCCCCCCCCCCCc1cccnc1)NCCCCCCCCCCCCCc1cccnc1. The van der Waals surface area contributed by atoms with Crippen LogP contribution in [0.5, 0.6) is 0 Å². The number of rotatable bonds is 31. The van der Waals surface area contributed by atoms with Gasteiger partial charge in [-0.3, -0.25) is 14.8 Å². The molecular formula is C44H67N3O2. The molecule has 0 bridgehead atoms. The molecule has 3 aromatic rings. The number of carboxylic acid groups (broad SMARTS) is 1. The van der Waals surface area contributed by atoms with Crippen LogP contribution in [-0.4, -0.2) is 33.6 Å². The normalized spacial score (nSPS) is 12.6. The first-order valence-corrected chi connectivity index (χ1v) is 20.0. The number of carboxylic acids is 1. The Bertz CT molecular complexity index is 1170. The summed E-state index contributed by atoms with van der Waals surface area (Å²) >= 11 is 0. The van der Waals surface area contributed by atoms with Crippen LogP contribution in [0, 0.1) is 0 Å². The van der Waals surface area contributed by atoms with Gasteiger partial charge in [0.2, 0.25) is 0 Å². The van der Waals surface area contributed by atoms with Crippen molar-refractivity contribution in [3.05, 3.63) is 96.1 Å². The molecule has 2 atom stereocenters. The predicted molar refractivity (Wildman–Crippen MR) is 206 cm³/mol. The van der Waals surface area contributed by atoms with Crippen LogP contribution in [-0.2, 0) is 17.6 Å². The number of nitrogens with one attached hydrogen (secondary N) is 1. The summed E-state index contributed by atoms with van der Waals surface area (Å²) < 4.78 is 0. The van der Waals surface area contributed by atoms with Crippen molar-refractivity contribution in [1.82, 2.24) is 15.3 Å². The Labute approximate surface area is 299 Å². The van der Waals surface area contributed by atoms with Crippen LogP contribution in [0.1, 0.15) is 164 Å². The Morgan fingerprint density at radius 2 is 0.959 bits per heavy atom. The van der Waals surface area contributed by atoms with Crippen molar-refractivity contribution in [3.63, 3.8) is 0 Å². The third-order valence-corrected chi connectivity index (χ3v) is 10.1. The highest BCUT2D eigenvalue weighted by Crippen LogP contribution is 2.25. The van der Waals surface area contributed by atoms with Gasteiger partial charge in [-0.2, -0.15) is 0 Å². The number of benzene rings is 1. The number of hydrogen-bond donors (Lipinski definition) is 2. The maximum absolute atomic E-state index is 12.5. The van der Waals surface area contributed by atoms with Crippen molar-refractivity contribution in [1.29, 1.82) is 0 Å². The van der Waals surface area contributed by atoms with E-state index in [1.807, 2.05) is 67.3 Å². The topological polar surface area (TPSA) is 75.1 Å². The second kappa shape index (κ2) is 27.7. The number of aromatic nitrogens is 2. The summed E-state index contributed by atoms with van der Waals surface area (Å²) in [6, 6.07) is 18.3. The van der Waals surface area contributed by atoms with Crippen LogP contribution in [0.25, 0.3) is 0 Å². The molecule has 1 aromatic carbocycles.